The lowest BCUT2D eigenvalue weighted by Crippen LogP contribution is -2.42. The van der Waals surface area contributed by atoms with Crippen LogP contribution in [0.15, 0.2) is 0 Å². The monoisotopic (exact) mass is 238 g/mol. The summed E-state index contributed by atoms with van der Waals surface area (Å²) in [6.45, 7) is 5.33. The molecule has 1 N–H and O–H groups in total. The number of nitrogens with one attached hydrogen (secondary N) is 1. The van der Waals surface area contributed by atoms with Crippen molar-refractivity contribution in [3.63, 3.8) is 0 Å². The van der Waals surface area contributed by atoms with Gasteiger partial charge in [-0.05, 0) is 64.2 Å². The Kier molecular flexibility index (Phi) is 5.79. The zero-order chi connectivity index (χ0) is 11.9. The molecule has 17 heavy (non-hydrogen) atoms. The van der Waals surface area contributed by atoms with Crippen LogP contribution in [0.1, 0.15) is 51.4 Å². The largest absolute Gasteiger partial charge is 0.320 e. The van der Waals surface area contributed by atoms with Crippen LogP contribution in [0.25, 0.3) is 0 Å². The SMILES string of the molecule is CNCCCCCN1CCC2CCCCC2C1. The van der Waals surface area contributed by atoms with E-state index in [0.29, 0.717) is 0 Å². The van der Waals surface area contributed by atoms with Gasteiger partial charge in [-0.15, -0.1) is 0 Å². The third-order valence-electron chi connectivity index (χ3n) is 4.78. The maximum absolute atomic E-state index is 3.23. The molecule has 2 rings (SSSR count). The van der Waals surface area contributed by atoms with Crippen LogP contribution in [0.4, 0.5) is 0 Å². The molecule has 2 aliphatic rings. The molecule has 2 atom stereocenters. The smallest absolute Gasteiger partial charge is 0.00123 e. The Balaban J connectivity index is 1.59. The molecule has 1 saturated carbocycles. The number of nitrogens with zero attached hydrogens (tertiary/aromatic N) is 1. The zero-order valence-corrected chi connectivity index (χ0v) is 11.6. The number of hydrogen-bond acceptors (Lipinski definition) is 2. The summed E-state index contributed by atoms with van der Waals surface area (Å²) in [4.78, 5) is 2.74. The topological polar surface area (TPSA) is 15.3 Å². The minimum absolute atomic E-state index is 1.05. The lowest BCUT2D eigenvalue weighted by molar-refractivity contribution is 0.0857. The van der Waals surface area contributed by atoms with Gasteiger partial charge in [0.05, 0.1) is 0 Å². The van der Waals surface area contributed by atoms with Gasteiger partial charge >= 0.3 is 0 Å². The van der Waals surface area contributed by atoms with E-state index < -0.39 is 0 Å². The van der Waals surface area contributed by atoms with E-state index in [0.717, 1.165) is 11.8 Å². The number of rotatable bonds is 6. The Morgan fingerprint density at radius 1 is 1.00 bits per heavy atom. The third-order valence-corrected chi connectivity index (χ3v) is 4.78. The predicted molar refractivity (Wildman–Crippen MR) is 74.3 cm³/mol. The summed E-state index contributed by atoms with van der Waals surface area (Å²) in [5.41, 5.74) is 0. The third kappa shape index (κ3) is 4.26. The second-order valence-corrected chi connectivity index (χ2v) is 6.06. The van der Waals surface area contributed by atoms with Crippen molar-refractivity contribution in [2.24, 2.45) is 11.8 Å². The Hall–Kier alpha value is -0.0800. The summed E-state index contributed by atoms with van der Waals surface area (Å²) in [7, 11) is 2.05. The van der Waals surface area contributed by atoms with Crippen LogP contribution < -0.4 is 5.32 Å². The van der Waals surface area contributed by atoms with E-state index in [2.05, 4.69) is 10.2 Å². The van der Waals surface area contributed by atoms with Crippen LogP contribution in [0.5, 0.6) is 0 Å². The van der Waals surface area contributed by atoms with Crippen LogP contribution in [-0.2, 0) is 0 Å². The quantitative estimate of drug-likeness (QED) is 0.716. The highest BCUT2D eigenvalue weighted by Crippen LogP contribution is 2.35. The Morgan fingerprint density at radius 3 is 2.65 bits per heavy atom. The maximum Gasteiger partial charge on any atom is 0.00123 e. The van der Waals surface area contributed by atoms with Gasteiger partial charge < -0.3 is 10.2 Å². The summed E-state index contributed by atoms with van der Waals surface area (Å²) in [6, 6.07) is 0. The molecule has 1 heterocycles. The number of unbranched alkanes of at least 4 members (excludes halogenated alkanes) is 2. The number of fused-ring (bicyclic) bond motifs is 1. The van der Waals surface area contributed by atoms with E-state index in [1.165, 1.54) is 77.5 Å². The highest BCUT2D eigenvalue weighted by molar-refractivity contribution is 4.83. The normalized spacial score (nSPS) is 30.2. The molecule has 0 spiro atoms. The van der Waals surface area contributed by atoms with Gasteiger partial charge in [0, 0.05) is 6.54 Å². The van der Waals surface area contributed by atoms with Gasteiger partial charge in [0.1, 0.15) is 0 Å². The van der Waals surface area contributed by atoms with E-state index in [1.807, 2.05) is 7.05 Å². The first-order chi connectivity index (χ1) is 8.40. The average Bonchev–Trinajstić information content (AvgIpc) is 2.38. The van der Waals surface area contributed by atoms with Crippen molar-refractivity contribution < 1.29 is 0 Å². The summed E-state index contributed by atoms with van der Waals surface area (Å²) >= 11 is 0. The second-order valence-electron chi connectivity index (χ2n) is 6.06. The van der Waals surface area contributed by atoms with Crippen molar-refractivity contribution in [2.45, 2.75) is 51.4 Å². The molecule has 0 aromatic rings. The van der Waals surface area contributed by atoms with Crippen LogP contribution in [0.2, 0.25) is 0 Å². The van der Waals surface area contributed by atoms with Crippen molar-refractivity contribution in [2.75, 3.05) is 33.2 Å². The molecule has 2 fully saturated rings. The minimum atomic E-state index is 1.05. The number of likely N-dealkylation sites (tertiary alicyclic amines) is 1. The first-order valence-electron chi connectivity index (χ1n) is 7.77. The lowest BCUT2D eigenvalue weighted by Gasteiger charge is -2.41. The first kappa shape index (κ1) is 13.4. The van der Waals surface area contributed by atoms with Gasteiger partial charge in [-0.2, -0.15) is 0 Å². The molecule has 1 aliphatic carbocycles. The van der Waals surface area contributed by atoms with Crippen molar-refractivity contribution in [1.29, 1.82) is 0 Å². The summed E-state index contributed by atoms with van der Waals surface area (Å²) in [5.74, 6) is 2.14. The van der Waals surface area contributed by atoms with Crippen LogP contribution >= 0.6 is 0 Å². The standard InChI is InChI=1S/C15H30N2/c1-16-10-5-2-6-11-17-12-9-14-7-3-4-8-15(14)13-17/h14-16H,2-13H2,1H3. The first-order valence-corrected chi connectivity index (χ1v) is 7.77. The molecule has 0 aromatic carbocycles. The Morgan fingerprint density at radius 2 is 1.82 bits per heavy atom. The molecular weight excluding hydrogens is 208 g/mol. The Bertz CT molecular complexity index is 205. The summed E-state index contributed by atoms with van der Waals surface area (Å²) in [6.07, 6.45) is 11.7. The van der Waals surface area contributed by atoms with E-state index in [9.17, 15) is 0 Å². The van der Waals surface area contributed by atoms with Gasteiger partial charge in [-0.25, -0.2) is 0 Å². The van der Waals surface area contributed by atoms with Gasteiger partial charge in [0.15, 0.2) is 0 Å². The molecule has 2 unspecified atom stereocenters. The fourth-order valence-corrected chi connectivity index (χ4v) is 3.69. The van der Waals surface area contributed by atoms with Gasteiger partial charge in [-0.1, -0.05) is 25.7 Å². The van der Waals surface area contributed by atoms with Crippen molar-refractivity contribution >= 4 is 0 Å². The Labute approximate surface area is 107 Å². The molecule has 0 bridgehead atoms. The van der Waals surface area contributed by atoms with Crippen molar-refractivity contribution in [1.82, 2.24) is 10.2 Å². The second kappa shape index (κ2) is 7.38. The van der Waals surface area contributed by atoms with Crippen molar-refractivity contribution in [3.05, 3.63) is 0 Å². The number of piperidine rings is 1. The lowest BCUT2D eigenvalue weighted by atomic mass is 9.75. The molecule has 1 saturated heterocycles. The zero-order valence-electron chi connectivity index (χ0n) is 11.6. The molecule has 0 amide bonds. The fraction of sp³-hybridized carbons (Fsp3) is 1.00. The molecule has 0 radical (unpaired) electrons. The van der Waals surface area contributed by atoms with Gasteiger partial charge in [-0.3, -0.25) is 0 Å². The maximum atomic E-state index is 3.23. The highest BCUT2D eigenvalue weighted by Gasteiger charge is 2.30. The molecule has 2 heteroatoms. The molecular formula is C15H30N2. The highest BCUT2D eigenvalue weighted by atomic mass is 15.1. The molecule has 100 valence electrons. The van der Waals surface area contributed by atoms with Crippen LogP contribution in [-0.4, -0.2) is 38.1 Å². The average molecular weight is 238 g/mol. The fourth-order valence-electron chi connectivity index (χ4n) is 3.69. The van der Waals surface area contributed by atoms with Crippen molar-refractivity contribution in [3.8, 4) is 0 Å². The number of hydrogen-bond donors (Lipinski definition) is 1. The minimum Gasteiger partial charge on any atom is -0.320 e. The van der Waals surface area contributed by atoms with Crippen LogP contribution in [0, 0.1) is 11.8 Å². The predicted octanol–water partition coefficient (Wildman–Crippen LogP) is 2.89. The summed E-state index contributed by atoms with van der Waals surface area (Å²) in [5, 5.41) is 3.23. The summed E-state index contributed by atoms with van der Waals surface area (Å²) < 4.78 is 0. The van der Waals surface area contributed by atoms with Crippen LogP contribution in [0.3, 0.4) is 0 Å². The van der Waals surface area contributed by atoms with E-state index in [1.54, 1.807) is 0 Å². The molecule has 2 nitrogen and oxygen atoms in total. The molecule has 0 aromatic heterocycles. The van der Waals surface area contributed by atoms with E-state index >= 15 is 0 Å². The van der Waals surface area contributed by atoms with Gasteiger partial charge in [0.2, 0.25) is 0 Å². The van der Waals surface area contributed by atoms with E-state index in [4.69, 9.17) is 0 Å². The van der Waals surface area contributed by atoms with Gasteiger partial charge in [0.25, 0.3) is 0 Å². The van der Waals surface area contributed by atoms with E-state index in [-0.39, 0.29) is 0 Å². The molecule has 1 aliphatic heterocycles.